The highest BCUT2D eigenvalue weighted by molar-refractivity contribution is 5.92. The van der Waals surface area contributed by atoms with Gasteiger partial charge in [0.15, 0.2) is 5.82 Å². The molecule has 3 N–H and O–H groups in total. The molecule has 1 fully saturated rings. The molecule has 3 heterocycles. The van der Waals surface area contributed by atoms with E-state index in [1.165, 1.54) is 6.08 Å². The van der Waals surface area contributed by atoms with E-state index >= 15 is 0 Å². The Morgan fingerprint density at radius 2 is 1.89 bits per heavy atom. The third-order valence-electron chi connectivity index (χ3n) is 6.32. The second-order valence-corrected chi connectivity index (χ2v) is 8.64. The summed E-state index contributed by atoms with van der Waals surface area (Å²) in [5, 5.41) is 6.83. The molecule has 10 heteroatoms. The van der Waals surface area contributed by atoms with Crippen LogP contribution in [0.3, 0.4) is 0 Å². The predicted molar refractivity (Wildman–Crippen MR) is 131 cm³/mol. The quantitative estimate of drug-likeness (QED) is 0.406. The smallest absolute Gasteiger partial charge is 0.274 e. The Labute approximate surface area is 204 Å². The fraction of sp³-hybridized carbons (Fsp3) is 0.192. The van der Waals surface area contributed by atoms with Crippen LogP contribution in [0.15, 0.2) is 66.1 Å². The van der Waals surface area contributed by atoms with Gasteiger partial charge in [0.1, 0.15) is 28.7 Å². The Morgan fingerprint density at radius 1 is 1.17 bits per heavy atom. The predicted octanol–water partition coefficient (Wildman–Crippen LogP) is 4.26. The number of amides is 1. The lowest BCUT2D eigenvalue weighted by Crippen LogP contribution is -2.38. The van der Waals surface area contributed by atoms with Gasteiger partial charge < -0.3 is 19.9 Å². The van der Waals surface area contributed by atoms with Gasteiger partial charge in [-0.1, -0.05) is 6.58 Å². The van der Waals surface area contributed by atoms with Crippen molar-refractivity contribution in [3.8, 4) is 17.2 Å². The summed E-state index contributed by atoms with van der Waals surface area (Å²) < 4.78 is 34.3. The molecule has 0 unspecified atom stereocenters. The molecule has 0 saturated carbocycles. The molecule has 1 aliphatic heterocycles. The number of carbonyl (C=O) groups excluding carboxylic acids is 1. The first-order valence-corrected chi connectivity index (χ1v) is 11.4. The van der Waals surface area contributed by atoms with Crippen molar-refractivity contribution in [2.75, 3.05) is 18.8 Å². The first kappa shape index (κ1) is 23.3. The lowest BCUT2D eigenvalue weighted by molar-refractivity contribution is -0.127. The van der Waals surface area contributed by atoms with E-state index in [4.69, 9.17) is 10.5 Å². The molecular formula is C26H23F2N5O3. The van der Waals surface area contributed by atoms with E-state index in [1.807, 2.05) is 6.20 Å². The average Bonchev–Trinajstić information content (AvgIpc) is 3.28. The van der Waals surface area contributed by atoms with Crippen molar-refractivity contribution in [2.45, 2.75) is 18.8 Å². The van der Waals surface area contributed by atoms with Crippen LogP contribution >= 0.6 is 0 Å². The molecule has 0 aliphatic carbocycles. The molecular weight excluding hydrogens is 468 g/mol. The number of carbonyl (C=O) groups is 1. The Bertz CT molecular complexity index is 1510. The number of hydrogen-bond donors (Lipinski definition) is 2. The number of rotatable bonds is 5. The number of benzene rings is 2. The zero-order chi connectivity index (χ0) is 25.4. The van der Waals surface area contributed by atoms with Gasteiger partial charge >= 0.3 is 0 Å². The molecule has 5 rings (SSSR count). The molecule has 4 aromatic rings. The Balaban J connectivity index is 1.53. The number of nitrogens with one attached hydrogen (secondary N) is 1. The molecule has 2 aromatic carbocycles. The highest BCUT2D eigenvalue weighted by Crippen LogP contribution is 2.35. The van der Waals surface area contributed by atoms with Crippen molar-refractivity contribution in [3.05, 3.63) is 88.9 Å². The summed E-state index contributed by atoms with van der Waals surface area (Å²) in [5.74, 6) is -1.14. The van der Waals surface area contributed by atoms with Gasteiger partial charge in [0.05, 0.1) is 5.39 Å². The fourth-order valence-electron chi connectivity index (χ4n) is 4.71. The SMILES string of the molecule is C=CC(=O)N1CCC[C@@H](c2cn(-c3ccc(Oc4cc(F)cc(F)c4)cc3)c3c(N)n[nH]c(=O)c23)C1. The minimum absolute atomic E-state index is 0.0323. The van der Waals surface area contributed by atoms with Crippen molar-refractivity contribution in [1.82, 2.24) is 19.7 Å². The minimum atomic E-state index is -0.739. The standard InChI is InChI=1S/C26H23F2N5O3/c1-2-22(34)32-9-3-4-15(13-32)21-14-33(24-23(21)26(35)31-30-25(24)29)18-5-7-19(8-6-18)36-20-11-16(27)10-17(28)12-20/h2,5-8,10-12,14-15H,1,3-4,9,13H2,(H2,29,30)(H,31,35)/t15-/m1/s1. The maximum Gasteiger partial charge on any atom is 0.274 e. The first-order valence-electron chi connectivity index (χ1n) is 11.4. The number of ether oxygens (including phenoxy) is 1. The van der Waals surface area contributed by atoms with E-state index in [9.17, 15) is 18.4 Å². The number of nitrogens with two attached hydrogens (primary N) is 1. The van der Waals surface area contributed by atoms with Crippen LogP contribution in [0.5, 0.6) is 11.5 Å². The van der Waals surface area contributed by atoms with Crippen molar-refractivity contribution in [2.24, 2.45) is 0 Å². The topological polar surface area (TPSA) is 106 Å². The summed E-state index contributed by atoms with van der Waals surface area (Å²) in [5.41, 5.74) is 7.73. The van der Waals surface area contributed by atoms with Gasteiger partial charge in [-0.05, 0) is 48.7 Å². The number of halogens is 2. The summed E-state index contributed by atoms with van der Waals surface area (Å²) in [7, 11) is 0. The molecule has 184 valence electrons. The number of hydrogen-bond acceptors (Lipinski definition) is 5. The van der Waals surface area contributed by atoms with Gasteiger partial charge in [-0.2, -0.15) is 5.10 Å². The van der Waals surface area contributed by atoms with Crippen molar-refractivity contribution < 1.29 is 18.3 Å². The maximum absolute atomic E-state index is 13.5. The number of fused-ring (bicyclic) bond motifs is 1. The van der Waals surface area contributed by atoms with Gasteiger partial charge in [-0.15, -0.1) is 0 Å². The molecule has 0 radical (unpaired) electrons. The van der Waals surface area contributed by atoms with Crippen LogP contribution in [-0.4, -0.2) is 38.7 Å². The number of nitrogens with zero attached hydrogens (tertiary/aromatic N) is 3. The van der Waals surface area contributed by atoms with E-state index < -0.39 is 11.6 Å². The van der Waals surface area contributed by atoms with Crippen LogP contribution in [0, 0.1) is 11.6 Å². The molecule has 0 spiro atoms. The third kappa shape index (κ3) is 4.33. The summed E-state index contributed by atoms with van der Waals surface area (Å²) in [4.78, 5) is 26.8. The van der Waals surface area contributed by atoms with Gasteiger partial charge in [-0.3, -0.25) is 9.59 Å². The fourth-order valence-corrected chi connectivity index (χ4v) is 4.71. The van der Waals surface area contributed by atoms with Crippen LogP contribution in [0.4, 0.5) is 14.6 Å². The van der Waals surface area contributed by atoms with Crippen molar-refractivity contribution in [1.29, 1.82) is 0 Å². The number of anilines is 1. The molecule has 1 amide bonds. The molecule has 1 atom stereocenters. The second-order valence-electron chi connectivity index (χ2n) is 8.64. The maximum atomic E-state index is 13.5. The van der Waals surface area contributed by atoms with Crippen LogP contribution in [0.25, 0.3) is 16.6 Å². The molecule has 8 nitrogen and oxygen atoms in total. The number of likely N-dealkylation sites (tertiary alicyclic amines) is 1. The highest BCUT2D eigenvalue weighted by atomic mass is 19.1. The van der Waals surface area contributed by atoms with E-state index in [1.54, 1.807) is 33.7 Å². The minimum Gasteiger partial charge on any atom is -0.457 e. The molecule has 36 heavy (non-hydrogen) atoms. The van der Waals surface area contributed by atoms with Crippen LogP contribution < -0.4 is 16.0 Å². The normalized spacial score (nSPS) is 15.7. The number of aromatic amines is 1. The van der Waals surface area contributed by atoms with Gasteiger partial charge in [0.2, 0.25) is 5.91 Å². The van der Waals surface area contributed by atoms with Gasteiger partial charge in [0, 0.05) is 49.1 Å². The van der Waals surface area contributed by atoms with Crippen LogP contribution in [0.1, 0.15) is 24.3 Å². The summed E-state index contributed by atoms with van der Waals surface area (Å²) >= 11 is 0. The lowest BCUT2D eigenvalue weighted by atomic mass is 9.90. The zero-order valence-corrected chi connectivity index (χ0v) is 19.2. The Kier molecular flexibility index (Phi) is 6.01. The number of nitrogen functional groups attached to an aromatic ring is 1. The summed E-state index contributed by atoms with van der Waals surface area (Å²) in [6.07, 6.45) is 4.74. The largest absolute Gasteiger partial charge is 0.457 e. The van der Waals surface area contributed by atoms with E-state index in [2.05, 4.69) is 16.8 Å². The second kappa shape index (κ2) is 9.29. The van der Waals surface area contributed by atoms with Crippen LogP contribution in [0.2, 0.25) is 0 Å². The molecule has 1 aliphatic rings. The highest BCUT2D eigenvalue weighted by Gasteiger charge is 2.28. The van der Waals surface area contributed by atoms with E-state index in [0.29, 0.717) is 35.4 Å². The number of aromatic nitrogens is 3. The third-order valence-corrected chi connectivity index (χ3v) is 6.32. The monoisotopic (exact) mass is 491 g/mol. The number of H-pyrrole nitrogens is 1. The molecule has 0 bridgehead atoms. The average molecular weight is 491 g/mol. The number of piperidine rings is 1. The van der Waals surface area contributed by atoms with Gasteiger partial charge in [-0.25, -0.2) is 13.9 Å². The van der Waals surface area contributed by atoms with Crippen molar-refractivity contribution in [3.63, 3.8) is 0 Å². The Hall–Kier alpha value is -4.47. The summed E-state index contributed by atoms with van der Waals surface area (Å²) in [6.45, 7) is 4.67. The Morgan fingerprint density at radius 3 is 2.58 bits per heavy atom. The lowest BCUT2D eigenvalue weighted by Gasteiger charge is -2.32. The van der Waals surface area contributed by atoms with E-state index in [0.717, 1.165) is 36.6 Å². The van der Waals surface area contributed by atoms with E-state index in [-0.39, 0.29) is 29.0 Å². The zero-order valence-electron chi connectivity index (χ0n) is 19.2. The van der Waals surface area contributed by atoms with Gasteiger partial charge in [0.25, 0.3) is 5.56 Å². The summed E-state index contributed by atoms with van der Waals surface area (Å²) in [6, 6.07) is 9.71. The first-order chi connectivity index (χ1) is 17.3. The molecule has 2 aromatic heterocycles. The molecule has 1 saturated heterocycles. The van der Waals surface area contributed by atoms with Crippen LogP contribution in [-0.2, 0) is 4.79 Å². The van der Waals surface area contributed by atoms with Crippen molar-refractivity contribution >= 4 is 22.6 Å².